The van der Waals surface area contributed by atoms with E-state index in [0.29, 0.717) is 0 Å². The van der Waals surface area contributed by atoms with Gasteiger partial charge in [0.05, 0.1) is 6.04 Å². The van der Waals surface area contributed by atoms with Crippen LogP contribution >= 0.6 is 54.8 Å². The molecule has 1 heterocycles. The van der Waals surface area contributed by atoms with Crippen molar-refractivity contribution in [2.45, 2.75) is 19.9 Å². The van der Waals surface area contributed by atoms with Gasteiger partial charge in [-0.1, -0.05) is 40.5 Å². The maximum absolute atomic E-state index is 6.16. The van der Waals surface area contributed by atoms with Gasteiger partial charge in [-0.15, -0.1) is 11.3 Å². The molecule has 1 unspecified atom stereocenters. The van der Waals surface area contributed by atoms with E-state index in [1.54, 1.807) is 11.3 Å². The zero-order chi connectivity index (χ0) is 14.0. The molecule has 2 aromatic rings. The number of hydrogen-bond acceptors (Lipinski definition) is 2. The van der Waals surface area contributed by atoms with Gasteiger partial charge in [-0.3, -0.25) is 0 Å². The van der Waals surface area contributed by atoms with Gasteiger partial charge < -0.3 is 5.32 Å². The molecule has 1 N–H and O–H groups in total. The average Bonchev–Trinajstić information content (AvgIpc) is 2.65. The van der Waals surface area contributed by atoms with Crippen molar-refractivity contribution in [3.8, 4) is 0 Å². The number of thiophene rings is 1. The zero-order valence-corrected chi connectivity index (χ0v) is 15.4. The van der Waals surface area contributed by atoms with E-state index in [1.165, 1.54) is 16.0 Å². The minimum absolute atomic E-state index is 0.176. The Kier molecular flexibility index (Phi) is 5.49. The molecule has 1 nitrogen and oxygen atoms in total. The monoisotopic (exact) mass is 421 g/mol. The Morgan fingerprint density at radius 3 is 2.53 bits per heavy atom. The second kappa shape index (κ2) is 6.72. The van der Waals surface area contributed by atoms with Crippen molar-refractivity contribution in [3.05, 3.63) is 53.6 Å². The Morgan fingerprint density at radius 2 is 2.00 bits per heavy atom. The number of rotatable bonds is 4. The third-order valence-corrected chi connectivity index (χ3v) is 5.75. The summed E-state index contributed by atoms with van der Waals surface area (Å²) in [6.07, 6.45) is 0. The summed E-state index contributed by atoms with van der Waals surface area (Å²) in [7, 11) is 0. The summed E-state index contributed by atoms with van der Waals surface area (Å²) in [6, 6.07) is 8.75. The Bertz CT molecular complexity index is 543. The normalized spacial score (nSPS) is 12.7. The molecule has 0 aliphatic carbocycles. The van der Waals surface area contributed by atoms with E-state index in [4.69, 9.17) is 11.6 Å². The first kappa shape index (κ1) is 15.5. The molecule has 0 aliphatic heterocycles. The van der Waals surface area contributed by atoms with Crippen molar-refractivity contribution in [3.63, 3.8) is 0 Å². The predicted molar refractivity (Wildman–Crippen MR) is 91.4 cm³/mol. The number of halogens is 3. The molecular weight excluding hydrogens is 409 g/mol. The van der Waals surface area contributed by atoms with Crippen LogP contribution in [0.5, 0.6) is 0 Å². The van der Waals surface area contributed by atoms with E-state index < -0.39 is 0 Å². The largest absolute Gasteiger partial charge is 0.306 e. The van der Waals surface area contributed by atoms with Crippen LogP contribution in [0.4, 0.5) is 0 Å². The van der Waals surface area contributed by atoms with E-state index >= 15 is 0 Å². The van der Waals surface area contributed by atoms with Crippen molar-refractivity contribution >= 4 is 54.8 Å². The van der Waals surface area contributed by atoms with Crippen LogP contribution in [-0.2, 0) is 0 Å². The molecule has 0 radical (unpaired) electrons. The van der Waals surface area contributed by atoms with Crippen LogP contribution in [0.3, 0.4) is 0 Å². The summed E-state index contributed by atoms with van der Waals surface area (Å²) in [4.78, 5) is 1.22. The fourth-order valence-corrected chi connectivity index (χ4v) is 4.49. The molecule has 0 bridgehead atoms. The van der Waals surface area contributed by atoms with Crippen molar-refractivity contribution in [2.75, 3.05) is 6.54 Å². The molecule has 102 valence electrons. The van der Waals surface area contributed by atoms with Crippen molar-refractivity contribution < 1.29 is 0 Å². The molecule has 0 fully saturated rings. The molecule has 0 saturated carbocycles. The number of aryl methyl sites for hydroxylation is 1. The summed E-state index contributed by atoms with van der Waals surface area (Å²) in [6.45, 7) is 5.13. The minimum Gasteiger partial charge on any atom is -0.306 e. The van der Waals surface area contributed by atoms with E-state index in [2.05, 4.69) is 75.3 Å². The number of nitrogens with one attached hydrogen (secondary N) is 1. The first-order chi connectivity index (χ1) is 9.01. The van der Waals surface area contributed by atoms with E-state index in [0.717, 1.165) is 19.8 Å². The fraction of sp³-hybridized carbons (Fsp3) is 0.286. The van der Waals surface area contributed by atoms with E-state index in [-0.39, 0.29) is 6.04 Å². The Labute approximate surface area is 139 Å². The quantitative estimate of drug-likeness (QED) is 0.642. The van der Waals surface area contributed by atoms with Crippen LogP contribution in [0.1, 0.15) is 29.0 Å². The van der Waals surface area contributed by atoms with Crippen LogP contribution < -0.4 is 5.32 Å². The van der Waals surface area contributed by atoms with Crippen LogP contribution in [0.25, 0.3) is 0 Å². The number of benzene rings is 1. The maximum atomic E-state index is 6.16. The Balaban J connectivity index is 2.44. The van der Waals surface area contributed by atoms with Gasteiger partial charge >= 0.3 is 0 Å². The lowest BCUT2D eigenvalue weighted by Gasteiger charge is -2.18. The van der Waals surface area contributed by atoms with Gasteiger partial charge in [-0.25, -0.2) is 0 Å². The molecule has 0 aliphatic rings. The lowest BCUT2D eigenvalue weighted by molar-refractivity contribution is 0.639. The van der Waals surface area contributed by atoms with E-state index in [1.807, 2.05) is 0 Å². The van der Waals surface area contributed by atoms with Gasteiger partial charge in [0, 0.05) is 13.8 Å². The summed E-state index contributed by atoms with van der Waals surface area (Å²) >= 11 is 14.8. The third-order valence-electron chi connectivity index (χ3n) is 2.75. The zero-order valence-electron chi connectivity index (χ0n) is 10.6. The second-order valence-corrected chi connectivity index (χ2v) is 7.78. The van der Waals surface area contributed by atoms with Gasteiger partial charge in [-0.2, -0.15) is 0 Å². The first-order valence-corrected chi connectivity index (χ1v) is 8.74. The summed E-state index contributed by atoms with van der Waals surface area (Å²) < 4.78 is 2.86. The van der Waals surface area contributed by atoms with Gasteiger partial charge in [0.15, 0.2) is 0 Å². The molecule has 1 aromatic heterocycles. The highest BCUT2D eigenvalue weighted by atomic mass is 79.9. The molecule has 19 heavy (non-hydrogen) atoms. The van der Waals surface area contributed by atoms with Crippen LogP contribution in [0.15, 0.2) is 33.2 Å². The summed E-state index contributed by atoms with van der Waals surface area (Å²) in [5, 5.41) is 3.52. The van der Waals surface area contributed by atoms with Gasteiger partial charge in [-0.05, 0) is 58.7 Å². The SMILES string of the molecule is CCNC(c1cc(C)cc(Br)c1)c1cc(Br)c(Cl)s1. The van der Waals surface area contributed by atoms with Crippen LogP contribution in [0, 0.1) is 6.92 Å². The van der Waals surface area contributed by atoms with Gasteiger partial charge in [0.1, 0.15) is 4.34 Å². The van der Waals surface area contributed by atoms with Gasteiger partial charge in [0.2, 0.25) is 0 Å². The molecule has 0 spiro atoms. The number of hydrogen-bond donors (Lipinski definition) is 1. The van der Waals surface area contributed by atoms with Crippen LogP contribution in [-0.4, -0.2) is 6.54 Å². The second-order valence-electron chi connectivity index (χ2n) is 4.32. The molecule has 2 rings (SSSR count). The first-order valence-electron chi connectivity index (χ1n) is 5.96. The Hall–Kier alpha value is 0.130. The third kappa shape index (κ3) is 3.82. The van der Waals surface area contributed by atoms with Crippen molar-refractivity contribution in [1.82, 2.24) is 5.32 Å². The van der Waals surface area contributed by atoms with Crippen LogP contribution in [0.2, 0.25) is 4.34 Å². The highest BCUT2D eigenvalue weighted by Gasteiger charge is 2.17. The average molecular weight is 424 g/mol. The standard InChI is InChI=1S/C14H14Br2ClNS/c1-3-18-13(12-7-11(16)14(17)19-12)9-4-8(2)5-10(15)6-9/h4-7,13,18H,3H2,1-2H3. The molecular formula is C14H14Br2ClNS. The predicted octanol–water partition coefficient (Wildman–Crippen LogP) is 5.93. The fourth-order valence-electron chi connectivity index (χ4n) is 2.02. The molecule has 1 atom stereocenters. The topological polar surface area (TPSA) is 12.0 Å². The highest BCUT2D eigenvalue weighted by molar-refractivity contribution is 9.10. The molecule has 5 heteroatoms. The maximum Gasteiger partial charge on any atom is 0.107 e. The lowest BCUT2D eigenvalue weighted by Crippen LogP contribution is -2.21. The lowest BCUT2D eigenvalue weighted by atomic mass is 10.0. The summed E-state index contributed by atoms with van der Waals surface area (Å²) in [5.41, 5.74) is 2.49. The Morgan fingerprint density at radius 1 is 1.26 bits per heavy atom. The molecule has 1 aromatic carbocycles. The minimum atomic E-state index is 0.176. The highest BCUT2D eigenvalue weighted by Crippen LogP contribution is 2.38. The summed E-state index contributed by atoms with van der Waals surface area (Å²) in [5.74, 6) is 0. The molecule has 0 amide bonds. The van der Waals surface area contributed by atoms with Crippen molar-refractivity contribution in [1.29, 1.82) is 0 Å². The van der Waals surface area contributed by atoms with E-state index in [9.17, 15) is 0 Å². The molecule has 0 saturated heterocycles. The van der Waals surface area contributed by atoms with Gasteiger partial charge in [0.25, 0.3) is 0 Å². The smallest absolute Gasteiger partial charge is 0.107 e. The van der Waals surface area contributed by atoms with Crippen molar-refractivity contribution in [2.24, 2.45) is 0 Å².